The summed E-state index contributed by atoms with van der Waals surface area (Å²) in [4.78, 5) is 9.24. The van der Waals surface area contributed by atoms with Crippen molar-refractivity contribution >= 4 is 45.7 Å². The number of thiophene rings is 1. The normalized spacial score (nSPS) is 12.4. The van der Waals surface area contributed by atoms with Gasteiger partial charge in [0, 0.05) is 44.0 Å². The summed E-state index contributed by atoms with van der Waals surface area (Å²) in [5.74, 6) is 0. The van der Waals surface area contributed by atoms with Crippen LogP contribution in [0.25, 0.3) is 50.5 Å². The zero-order chi connectivity index (χ0) is 25.1. The Morgan fingerprint density at radius 3 is 2.81 bits per heavy atom. The van der Waals surface area contributed by atoms with E-state index in [0.29, 0.717) is 0 Å². The second kappa shape index (κ2) is 10.2. The van der Waals surface area contributed by atoms with Crippen molar-refractivity contribution < 1.29 is 0 Å². The molecule has 0 amide bonds. The van der Waals surface area contributed by atoms with Crippen molar-refractivity contribution in [1.29, 1.82) is 0 Å². The minimum Gasteiger partial charge on any atom is -0.358 e. The molecule has 0 radical (unpaired) electrons. The molecular weight excluding hydrogens is 462 g/mol. The number of hydrogen-bond donors (Lipinski definition) is 3. The summed E-state index contributed by atoms with van der Waals surface area (Å²) in [5.41, 5.74) is 7.80. The van der Waals surface area contributed by atoms with E-state index in [2.05, 4.69) is 99.5 Å². The second-order valence-electron chi connectivity index (χ2n) is 8.73. The van der Waals surface area contributed by atoms with Crippen LogP contribution in [-0.2, 0) is 0 Å². The van der Waals surface area contributed by atoms with Crippen molar-refractivity contribution in [1.82, 2.24) is 20.2 Å². The topological polar surface area (TPSA) is 69.4 Å². The van der Waals surface area contributed by atoms with Crippen LogP contribution in [0.15, 0.2) is 79.1 Å². The zero-order valence-electron chi connectivity index (χ0n) is 20.6. The Morgan fingerprint density at radius 1 is 1.14 bits per heavy atom. The smallest absolute Gasteiger partial charge is 0.116 e. The van der Waals surface area contributed by atoms with Crippen LogP contribution in [0.4, 0.5) is 5.69 Å². The van der Waals surface area contributed by atoms with Crippen LogP contribution >= 0.6 is 11.3 Å². The number of benzene rings is 1. The van der Waals surface area contributed by atoms with E-state index < -0.39 is 0 Å². The Balaban J connectivity index is 1.55. The molecule has 4 aromatic heterocycles. The van der Waals surface area contributed by atoms with Crippen molar-refractivity contribution in [3.05, 3.63) is 95.2 Å². The number of nitrogens with one attached hydrogen (secondary N) is 3. The van der Waals surface area contributed by atoms with Crippen molar-refractivity contribution in [2.24, 2.45) is 0 Å². The second-order valence-corrected chi connectivity index (χ2v) is 9.67. The number of allylic oxidation sites excluding steroid dienone is 2. The Hall–Kier alpha value is -4.16. The van der Waals surface area contributed by atoms with Gasteiger partial charge in [0.15, 0.2) is 0 Å². The van der Waals surface area contributed by atoms with Gasteiger partial charge in [-0.25, -0.2) is 0 Å². The minimum atomic E-state index is 0.855. The van der Waals surface area contributed by atoms with E-state index in [0.717, 1.165) is 62.8 Å². The first kappa shape index (κ1) is 23.6. The molecule has 0 atom stereocenters. The molecule has 0 aliphatic heterocycles. The van der Waals surface area contributed by atoms with Gasteiger partial charge >= 0.3 is 0 Å². The summed E-state index contributed by atoms with van der Waals surface area (Å²) in [7, 11) is 0. The van der Waals surface area contributed by atoms with Crippen LogP contribution in [0.1, 0.15) is 32.3 Å². The van der Waals surface area contributed by atoms with Crippen molar-refractivity contribution in [3.63, 3.8) is 0 Å². The lowest BCUT2D eigenvalue weighted by atomic mass is 10.1. The molecule has 180 valence electrons. The van der Waals surface area contributed by atoms with Crippen LogP contribution in [0, 0.1) is 0 Å². The number of rotatable bonds is 8. The molecule has 5 aromatic rings. The third-order valence-corrected chi connectivity index (χ3v) is 7.03. The van der Waals surface area contributed by atoms with E-state index in [4.69, 9.17) is 0 Å². The van der Waals surface area contributed by atoms with E-state index in [9.17, 15) is 0 Å². The highest BCUT2D eigenvalue weighted by molar-refractivity contribution is 7.13. The first-order chi connectivity index (χ1) is 17.6. The molecule has 6 heteroatoms. The van der Waals surface area contributed by atoms with Crippen LogP contribution in [0.3, 0.4) is 0 Å². The van der Waals surface area contributed by atoms with Gasteiger partial charge < -0.3 is 10.3 Å². The number of anilines is 1. The van der Waals surface area contributed by atoms with Crippen molar-refractivity contribution in [2.75, 3.05) is 5.32 Å². The number of aromatic nitrogens is 4. The average molecular weight is 492 g/mol. The molecule has 4 heterocycles. The summed E-state index contributed by atoms with van der Waals surface area (Å²) in [6, 6.07) is 14.8. The minimum absolute atomic E-state index is 0.855. The van der Waals surface area contributed by atoms with E-state index in [1.807, 2.05) is 25.4 Å². The molecule has 5 rings (SSSR count). The van der Waals surface area contributed by atoms with Crippen LogP contribution in [0.5, 0.6) is 0 Å². The van der Waals surface area contributed by atoms with E-state index in [1.54, 1.807) is 11.3 Å². The molecule has 36 heavy (non-hydrogen) atoms. The van der Waals surface area contributed by atoms with Crippen LogP contribution in [-0.4, -0.2) is 20.2 Å². The van der Waals surface area contributed by atoms with Gasteiger partial charge in [-0.1, -0.05) is 50.8 Å². The number of nitrogens with zero attached hydrogens (tertiary/aromatic N) is 2. The molecule has 5 nitrogen and oxygen atoms in total. The van der Waals surface area contributed by atoms with E-state index in [1.165, 1.54) is 15.8 Å². The lowest BCUT2D eigenvalue weighted by molar-refractivity contribution is 0.913. The quantitative estimate of drug-likeness (QED) is 0.226. The zero-order valence-corrected chi connectivity index (χ0v) is 21.4. The molecule has 0 fully saturated rings. The monoisotopic (exact) mass is 491 g/mol. The third kappa shape index (κ3) is 4.68. The van der Waals surface area contributed by atoms with Gasteiger partial charge in [0.05, 0.1) is 22.9 Å². The Morgan fingerprint density at radius 2 is 2.03 bits per heavy atom. The van der Waals surface area contributed by atoms with Gasteiger partial charge in [0.25, 0.3) is 0 Å². The molecule has 3 N–H and O–H groups in total. The summed E-state index contributed by atoms with van der Waals surface area (Å²) in [5, 5.41) is 16.4. The van der Waals surface area contributed by atoms with Gasteiger partial charge in [-0.05, 0) is 54.6 Å². The fourth-order valence-electron chi connectivity index (χ4n) is 4.37. The SMILES string of the molecule is C=C(CCC)Nc1cncc(C(=C)/C=c2/c(-c3cc4c(-c5cccs5)cccc4[nH]3)n[nH]/c2=C/C)c1. The summed E-state index contributed by atoms with van der Waals surface area (Å²) in [6.07, 6.45) is 9.70. The highest BCUT2D eigenvalue weighted by Gasteiger charge is 2.13. The van der Waals surface area contributed by atoms with Gasteiger partial charge in [-0.3, -0.25) is 10.1 Å². The lowest BCUT2D eigenvalue weighted by Gasteiger charge is -2.09. The number of H-pyrrole nitrogens is 2. The first-order valence-corrected chi connectivity index (χ1v) is 12.9. The molecule has 1 aromatic carbocycles. The fourth-order valence-corrected chi connectivity index (χ4v) is 5.14. The average Bonchev–Trinajstić information content (AvgIpc) is 3.63. The number of pyridine rings is 1. The van der Waals surface area contributed by atoms with Crippen LogP contribution in [0.2, 0.25) is 0 Å². The standard InChI is InChI=1S/C30H29N5S/c1-5-9-20(4)32-22-15-21(17-31-18-22)19(3)14-25-26(6-2)34-35-30(25)28-16-24-23(29-12-8-13-36-29)10-7-11-27(24)33-28/h6-8,10-18,32-34H,3-5,9H2,1-2H3/b25-14+,26-6+. The number of aromatic amines is 2. The Bertz CT molecular complexity index is 1670. The summed E-state index contributed by atoms with van der Waals surface area (Å²) in [6.45, 7) is 12.6. The molecule has 0 aliphatic carbocycles. The lowest BCUT2D eigenvalue weighted by Crippen LogP contribution is -2.23. The largest absolute Gasteiger partial charge is 0.358 e. The molecule has 0 spiro atoms. The molecule has 0 unspecified atom stereocenters. The van der Waals surface area contributed by atoms with E-state index in [-0.39, 0.29) is 0 Å². The third-order valence-electron chi connectivity index (χ3n) is 6.13. The van der Waals surface area contributed by atoms with Crippen LogP contribution < -0.4 is 15.9 Å². The maximum Gasteiger partial charge on any atom is 0.116 e. The van der Waals surface area contributed by atoms with E-state index >= 15 is 0 Å². The molecular formula is C30H29N5S. The molecule has 0 bridgehead atoms. The predicted molar refractivity (Wildman–Crippen MR) is 154 cm³/mol. The van der Waals surface area contributed by atoms with Gasteiger partial charge in [-0.15, -0.1) is 11.3 Å². The maximum absolute atomic E-state index is 4.67. The Kier molecular flexibility index (Phi) is 6.69. The fraction of sp³-hybridized carbons (Fsp3) is 0.133. The molecule has 0 saturated carbocycles. The number of hydrogen-bond acceptors (Lipinski definition) is 4. The first-order valence-electron chi connectivity index (χ1n) is 12.0. The van der Waals surface area contributed by atoms with Gasteiger partial charge in [0.2, 0.25) is 0 Å². The molecule has 0 saturated heterocycles. The predicted octanol–water partition coefficient (Wildman–Crippen LogP) is 6.70. The highest BCUT2D eigenvalue weighted by atomic mass is 32.1. The van der Waals surface area contributed by atoms with Crippen molar-refractivity contribution in [2.45, 2.75) is 26.7 Å². The molecule has 0 aliphatic rings. The maximum atomic E-state index is 4.67. The highest BCUT2D eigenvalue weighted by Crippen LogP contribution is 2.33. The number of fused-ring (bicyclic) bond motifs is 1. The summed E-state index contributed by atoms with van der Waals surface area (Å²) >= 11 is 1.75. The summed E-state index contributed by atoms with van der Waals surface area (Å²) < 4.78 is 0. The van der Waals surface area contributed by atoms with Gasteiger partial charge in [0.1, 0.15) is 5.69 Å². The Labute approximate surface area is 214 Å². The van der Waals surface area contributed by atoms with Crippen molar-refractivity contribution in [3.8, 4) is 21.8 Å². The van der Waals surface area contributed by atoms with Gasteiger partial charge in [-0.2, -0.15) is 5.10 Å².